The predicted octanol–water partition coefficient (Wildman–Crippen LogP) is 4.64. The van der Waals surface area contributed by atoms with Crippen molar-refractivity contribution in [3.8, 4) is 11.5 Å². The fourth-order valence-corrected chi connectivity index (χ4v) is 4.54. The molecular formula is C26H29NO4S2. The average molecular weight is 484 g/mol. The lowest BCUT2D eigenvalue weighted by molar-refractivity contribution is -0.130. The van der Waals surface area contributed by atoms with Gasteiger partial charge in [0.1, 0.15) is 11.5 Å². The van der Waals surface area contributed by atoms with Crippen LogP contribution in [-0.4, -0.2) is 61.2 Å². The first kappa shape index (κ1) is 25.0. The maximum absolute atomic E-state index is 13.3. The molecule has 0 atom stereocenters. The Morgan fingerprint density at radius 1 is 0.909 bits per heavy atom. The number of carbonyl (C=O) groups is 2. The molecule has 0 saturated carbocycles. The van der Waals surface area contributed by atoms with Gasteiger partial charge in [0.15, 0.2) is 5.78 Å². The lowest BCUT2D eigenvalue weighted by Crippen LogP contribution is -2.41. The van der Waals surface area contributed by atoms with E-state index in [1.54, 1.807) is 30.9 Å². The van der Waals surface area contributed by atoms with Crippen LogP contribution in [0.25, 0.3) is 12.2 Å². The maximum Gasteiger partial charge on any atom is 0.224 e. The lowest BCUT2D eigenvalue weighted by atomic mass is 9.94. The summed E-state index contributed by atoms with van der Waals surface area (Å²) in [5.74, 6) is 3.98. The fraction of sp³-hybridized carbons (Fsp3) is 0.308. The Kier molecular flexibility index (Phi) is 9.51. The number of hydrogen-bond donors (Lipinski definition) is 1. The third-order valence-corrected chi connectivity index (χ3v) is 6.78. The second kappa shape index (κ2) is 12.6. The Labute approximate surface area is 205 Å². The summed E-state index contributed by atoms with van der Waals surface area (Å²) < 4.78 is 10.4. The molecule has 2 aromatic carbocycles. The van der Waals surface area contributed by atoms with E-state index >= 15 is 0 Å². The molecule has 33 heavy (non-hydrogen) atoms. The van der Waals surface area contributed by atoms with Gasteiger partial charge in [0.2, 0.25) is 5.91 Å². The number of rotatable bonds is 9. The Balaban J connectivity index is 1.87. The minimum absolute atomic E-state index is 0.0323. The van der Waals surface area contributed by atoms with Gasteiger partial charge in [-0.25, -0.2) is 0 Å². The summed E-state index contributed by atoms with van der Waals surface area (Å²) in [6, 6.07) is 15.0. The molecule has 1 saturated heterocycles. The van der Waals surface area contributed by atoms with Gasteiger partial charge in [0.25, 0.3) is 0 Å². The highest BCUT2D eigenvalue weighted by Gasteiger charge is 2.28. The molecule has 7 heteroatoms. The van der Waals surface area contributed by atoms with Crippen LogP contribution in [0.15, 0.2) is 59.7 Å². The van der Waals surface area contributed by atoms with Gasteiger partial charge in [-0.3, -0.25) is 9.59 Å². The molecule has 1 amide bonds. The number of carbonyl (C=O) groups excluding carboxylic acids is 2. The second-order valence-corrected chi connectivity index (χ2v) is 9.22. The summed E-state index contributed by atoms with van der Waals surface area (Å²) in [7, 11) is 3.23. The number of piperidine rings is 1. The van der Waals surface area contributed by atoms with Crippen molar-refractivity contribution in [3.05, 3.63) is 70.8 Å². The largest absolute Gasteiger partial charge is 0.497 e. The first-order chi connectivity index (χ1) is 16.0. The van der Waals surface area contributed by atoms with Gasteiger partial charge in [0.05, 0.1) is 14.2 Å². The van der Waals surface area contributed by atoms with Crippen molar-refractivity contribution in [2.45, 2.75) is 6.42 Å². The van der Waals surface area contributed by atoms with E-state index in [4.69, 9.17) is 9.47 Å². The predicted molar refractivity (Wildman–Crippen MR) is 139 cm³/mol. The maximum atomic E-state index is 13.3. The molecule has 1 fully saturated rings. The minimum atomic E-state index is -0.0323. The van der Waals surface area contributed by atoms with Crippen LogP contribution < -0.4 is 9.47 Å². The SMILES string of the molecule is COc1ccc(/C=C2\CN(C(=O)CCSCCS)C/C(=C\c3ccc(OC)cc3)C2=O)cc1. The number of benzene rings is 2. The molecular weight excluding hydrogens is 454 g/mol. The molecule has 0 unspecified atom stereocenters. The van der Waals surface area contributed by atoms with Crippen molar-refractivity contribution in [3.63, 3.8) is 0 Å². The third-order valence-electron chi connectivity index (χ3n) is 5.27. The van der Waals surface area contributed by atoms with Crippen molar-refractivity contribution in [1.82, 2.24) is 4.90 Å². The van der Waals surface area contributed by atoms with Crippen molar-refractivity contribution in [2.75, 3.05) is 44.6 Å². The number of hydrogen-bond acceptors (Lipinski definition) is 6. The topological polar surface area (TPSA) is 55.8 Å². The van der Waals surface area contributed by atoms with E-state index in [0.29, 0.717) is 30.7 Å². The number of Topliss-reactive ketones (excluding diaryl/α,β-unsaturated/α-hetero) is 1. The standard InChI is InChI=1S/C26H29NO4S2/c1-30-23-7-3-19(4-8-23)15-21-17-27(25(28)11-13-33-14-12-32)18-22(26(21)29)16-20-5-9-24(31-2)10-6-20/h3-10,15-16,32H,11-14,17-18H2,1-2H3/b21-15+,22-16+. The molecule has 0 bridgehead atoms. The van der Waals surface area contributed by atoms with Crippen LogP contribution in [0.3, 0.4) is 0 Å². The summed E-state index contributed by atoms with van der Waals surface area (Å²) in [6.07, 6.45) is 4.16. The van der Waals surface area contributed by atoms with Crippen molar-refractivity contribution in [2.24, 2.45) is 0 Å². The molecule has 0 spiro atoms. The highest BCUT2D eigenvalue weighted by molar-refractivity contribution is 8.00. The number of thioether (sulfide) groups is 1. The van der Waals surface area contributed by atoms with Gasteiger partial charge in [-0.15, -0.1) is 0 Å². The lowest BCUT2D eigenvalue weighted by Gasteiger charge is -2.30. The number of ketones is 1. The van der Waals surface area contributed by atoms with E-state index in [1.165, 1.54) is 0 Å². The number of nitrogens with zero attached hydrogens (tertiary/aromatic N) is 1. The highest BCUT2D eigenvalue weighted by Crippen LogP contribution is 2.24. The zero-order chi connectivity index (χ0) is 23.6. The Morgan fingerprint density at radius 2 is 1.39 bits per heavy atom. The number of ether oxygens (including phenoxy) is 2. The van der Waals surface area contributed by atoms with Gasteiger partial charge in [-0.05, 0) is 53.3 Å². The molecule has 1 heterocycles. The molecule has 0 N–H and O–H groups in total. The van der Waals surface area contributed by atoms with Gasteiger partial charge in [-0.1, -0.05) is 24.3 Å². The van der Waals surface area contributed by atoms with Gasteiger partial charge >= 0.3 is 0 Å². The van der Waals surface area contributed by atoms with Crippen LogP contribution >= 0.6 is 24.4 Å². The zero-order valence-electron chi connectivity index (χ0n) is 19.0. The summed E-state index contributed by atoms with van der Waals surface area (Å²) in [5.41, 5.74) is 2.98. The minimum Gasteiger partial charge on any atom is -0.497 e. The molecule has 2 aromatic rings. The normalized spacial score (nSPS) is 16.3. The number of methoxy groups -OCH3 is 2. The molecule has 0 aliphatic carbocycles. The van der Waals surface area contributed by atoms with Gasteiger partial charge in [0, 0.05) is 42.2 Å². The van der Waals surface area contributed by atoms with Crippen LogP contribution in [-0.2, 0) is 9.59 Å². The van der Waals surface area contributed by atoms with Crippen LogP contribution in [0.2, 0.25) is 0 Å². The Bertz CT molecular complexity index is 944. The van der Waals surface area contributed by atoms with Crippen LogP contribution in [0, 0.1) is 0 Å². The number of amides is 1. The van der Waals surface area contributed by atoms with E-state index < -0.39 is 0 Å². The summed E-state index contributed by atoms with van der Waals surface area (Å²) >= 11 is 5.93. The van der Waals surface area contributed by atoms with E-state index in [0.717, 1.165) is 39.9 Å². The molecule has 174 valence electrons. The second-order valence-electron chi connectivity index (χ2n) is 7.55. The monoisotopic (exact) mass is 483 g/mol. The van der Waals surface area contributed by atoms with Gasteiger partial charge < -0.3 is 14.4 Å². The zero-order valence-corrected chi connectivity index (χ0v) is 20.7. The van der Waals surface area contributed by atoms with Crippen molar-refractivity contribution < 1.29 is 19.1 Å². The van der Waals surface area contributed by atoms with Crippen LogP contribution in [0.1, 0.15) is 17.5 Å². The average Bonchev–Trinajstić information content (AvgIpc) is 2.85. The van der Waals surface area contributed by atoms with E-state index in [1.807, 2.05) is 60.7 Å². The van der Waals surface area contributed by atoms with Crippen LogP contribution in [0.4, 0.5) is 0 Å². The molecule has 0 aromatic heterocycles. The fourth-order valence-electron chi connectivity index (χ4n) is 3.50. The Morgan fingerprint density at radius 3 is 1.82 bits per heavy atom. The molecule has 5 nitrogen and oxygen atoms in total. The number of likely N-dealkylation sites (tertiary alicyclic amines) is 1. The molecule has 1 aliphatic heterocycles. The molecule has 3 rings (SSSR count). The summed E-state index contributed by atoms with van der Waals surface area (Å²) in [4.78, 5) is 28.0. The van der Waals surface area contributed by atoms with E-state index in [9.17, 15) is 9.59 Å². The summed E-state index contributed by atoms with van der Waals surface area (Å²) in [5, 5.41) is 0. The third kappa shape index (κ3) is 7.17. The first-order valence-corrected chi connectivity index (χ1v) is 12.5. The molecule has 0 radical (unpaired) electrons. The van der Waals surface area contributed by atoms with Crippen molar-refractivity contribution >= 4 is 48.2 Å². The highest BCUT2D eigenvalue weighted by atomic mass is 32.2. The first-order valence-electron chi connectivity index (χ1n) is 10.7. The number of thiol groups is 1. The summed E-state index contributed by atoms with van der Waals surface area (Å²) in [6.45, 7) is 0.613. The quantitative estimate of drug-likeness (QED) is 0.320. The smallest absolute Gasteiger partial charge is 0.224 e. The van der Waals surface area contributed by atoms with E-state index in [-0.39, 0.29) is 11.7 Å². The van der Waals surface area contributed by atoms with Gasteiger partial charge in [-0.2, -0.15) is 24.4 Å². The van der Waals surface area contributed by atoms with E-state index in [2.05, 4.69) is 12.6 Å². The molecule has 1 aliphatic rings. The van der Waals surface area contributed by atoms with Crippen molar-refractivity contribution in [1.29, 1.82) is 0 Å². The van der Waals surface area contributed by atoms with Crippen LogP contribution in [0.5, 0.6) is 11.5 Å². The Hall–Kier alpha value is -2.64.